The molecule has 1 atom stereocenters. The van der Waals surface area contributed by atoms with Crippen LogP contribution in [0.3, 0.4) is 0 Å². The van der Waals surface area contributed by atoms with Crippen LogP contribution in [-0.4, -0.2) is 32.4 Å². The van der Waals surface area contributed by atoms with E-state index in [1.54, 1.807) is 13.8 Å². The van der Waals surface area contributed by atoms with E-state index in [-0.39, 0.29) is 10.9 Å². The number of sulfonamides is 1. The summed E-state index contributed by atoms with van der Waals surface area (Å²) < 4.78 is 39.9. The van der Waals surface area contributed by atoms with Crippen LogP contribution in [0.25, 0.3) is 0 Å². The standard InChI is InChI=1S/C15H25FN2O2S/c1-10(2)14(17)6-7-18(5)21(19,20)15-11(3)8-13(16)9-12(15)4/h8-10,14H,6-7,17H2,1-5H3. The summed E-state index contributed by atoms with van der Waals surface area (Å²) in [6.07, 6.45) is 0.590. The number of halogens is 1. The predicted octanol–water partition coefficient (Wildman–Crippen LogP) is 2.44. The molecule has 0 radical (unpaired) electrons. The van der Waals surface area contributed by atoms with Crippen molar-refractivity contribution in [3.05, 3.63) is 29.1 Å². The van der Waals surface area contributed by atoms with Gasteiger partial charge in [0.05, 0.1) is 4.90 Å². The number of benzene rings is 1. The predicted molar refractivity (Wildman–Crippen MR) is 83.1 cm³/mol. The van der Waals surface area contributed by atoms with Crippen molar-refractivity contribution in [1.29, 1.82) is 0 Å². The maximum Gasteiger partial charge on any atom is 0.243 e. The van der Waals surface area contributed by atoms with Gasteiger partial charge in [0.15, 0.2) is 0 Å². The average molecular weight is 316 g/mol. The fraction of sp³-hybridized carbons (Fsp3) is 0.600. The lowest BCUT2D eigenvalue weighted by molar-refractivity contribution is 0.397. The zero-order valence-corrected chi connectivity index (χ0v) is 14.2. The quantitative estimate of drug-likeness (QED) is 0.877. The normalized spacial score (nSPS) is 14.0. The van der Waals surface area contributed by atoms with Crippen molar-refractivity contribution in [1.82, 2.24) is 4.31 Å². The first kappa shape index (κ1) is 18.1. The van der Waals surface area contributed by atoms with E-state index in [0.717, 1.165) is 0 Å². The molecule has 0 fully saturated rings. The molecule has 0 heterocycles. The topological polar surface area (TPSA) is 63.4 Å². The third-order valence-electron chi connectivity index (χ3n) is 3.73. The first-order chi connectivity index (χ1) is 9.57. The van der Waals surface area contributed by atoms with Crippen LogP contribution in [0.15, 0.2) is 17.0 Å². The minimum atomic E-state index is -3.63. The Morgan fingerprint density at radius 1 is 1.24 bits per heavy atom. The summed E-state index contributed by atoms with van der Waals surface area (Å²) in [4.78, 5) is 0.185. The second-order valence-corrected chi connectivity index (χ2v) is 7.87. The van der Waals surface area contributed by atoms with Crippen molar-refractivity contribution in [2.24, 2.45) is 11.7 Å². The Balaban J connectivity index is 3.01. The molecule has 1 aromatic rings. The molecule has 4 nitrogen and oxygen atoms in total. The van der Waals surface area contributed by atoms with Crippen LogP contribution in [0.2, 0.25) is 0 Å². The third-order valence-corrected chi connectivity index (χ3v) is 5.89. The molecule has 120 valence electrons. The summed E-state index contributed by atoms with van der Waals surface area (Å²) in [5, 5.41) is 0. The second kappa shape index (κ2) is 6.85. The molecule has 0 spiro atoms. The fourth-order valence-corrected chi connectivity index (χ4v) is 3.83. The lowest BCUT2D eigenvalue weighted by atomic mass is 10.0. The highest BCUT2D eigenvalue weighted by molar-refractivity contribution is 7.89. The molecule has 0 saturated heterocycles. The van der Waals surface area contributed by atoms with E-state index in [2.05, 4.69) is 0 Å². The van der Waals surface area contributed by atoms with Crippen LogP contribution in [0.5, 0.6) is 0 Å². The summed E-state index contributed by atoms with van der Waals surface area (Å²) in [5.74, 6) is -0.121. The van der Waals surface area contributed by atoms with E-state index in [0.29, 0.717) is 30.0 Å². The molecule has 0 bridgehead atoms. The Hall–Kier alpha value is -0.980. The van der Waals surface area contributed by atoms with Gasteiger partial charge in [0.1, 0.15) is 5.82 Å². The summed E-state index contributed by atoms with van der Waals surface area (Å²) >= 11 is 0. The molecular formula is C15H25FN2O2S. The Bertz CT molecular complexity index is 577. The van der Waals surface area contributed by atoms with E-state index >= 15 is 0 Å². The second-order valence-electron chi connectivity index (χ2n) is 5.89. The van der Waals surface area contributed by atoms with E-state index in [9.17, 15) is 12.8 Å². The van der Waals surface area contributed by atoms with Crippen LogP contribution < -0.4 is 5.73 Å². The highest BCUT2D eigenvalue weighted by Gasteiger charge is 2.25. The van der Waals surface area contributed by atoms with E-state index in [4.69, 9.17) is 5.73 Å². The molecule has 1 rings (SSSR count). The number of nitrogens with two attached hydrogens (primary N) is 1. The summed E-state index contributed by atoms with van der Waals surface area (Å²) in [6.45, 7) is 7.58. The summed E-state index contributed by atoms with van der Waals surface area (Å²) in [5.41, 5.74) is 6.80. The lowest BCUT2D eigenvalue weighted by Crippen LogP contribution is -2.35. The van der Waals surface area contributed by atoms with Gasteiger partial charge >= 0.3 is 0 Å². The maximum atomic E-state index is 13.3. The molecule has 0 saturated carbocycles. The molecule has 21 heavy (non-hydrogen) atoms. The van der Waals surface area contributed by atoms with Gasteiger partial charge in [0.2, 0.25) is 10.0 Å². The lowest BCUT2D eigenvalue weighted by Gasteiger charge is -2.23. The molecule has 0 aliphatic heterocycles. The summed E-state index contributed by atoms with van der Waals surface area (Å²) in [7, 11) is -2.09. The van der Waals surface area contributed by atoms with Crippen LogP contribution in [0.4, 0.5) is 4.39 Å². The molecule has 6 heteroatoms. The molecule has 0 aliphatic carbocycles. The van der Waals surface area contributed by atoms with Gasteiger partial charge in [-0.25, -0.2) is 17.1 Å². The third kappa shape index (κ3) is 4.25. The maximum absolute atomic E-state index is 13.3. The monoisotopic (exact) mass is 316 g/mol. The van der Waals surface area contributed by atoms with Crippen LogP contribution >= 0.6 is 0 Å². The zero-order valence-electron chi connectivity index (χ0n) is 13.4. The van der Waals surface area contributed by atoms with Crippen molar-refractivity contribution in [3.63, 3.8) is 0 Å². The van der Waals surface area contributed by atoms with Crippen molar-refractivity contribution in [2.45, 2.75) is 45.1 Å². The van der Waals surface area contributed by atoms with Crippen molar-refractivity contribution in [2.75, 3.05) is 13.6 Å². The zero-order chi connectivity index (χ0) is 16.4. The van der Waals surface area contributed by atoms with Gasteiger partial charge in [-0.1, -0.05) is 13.8 Å². The minimum Gasteiger partial charge on any atom is -0.327 e. The first-order valence-electron chi connectivity index (χ1n) is 7.06. The van der Waals surface area contributed by atoms with Crippen LogP contribution in [0, 0.1) is 25.6 Å². The van der Waals surface area contributed by atoms with Crippen molar-refractivity contribution < 1.29 is 12.8 Å². The highest BCUT2D eigenvalue weighted by atomic mass is 32.2. The number of aryl methyl sites for hydroxylation is 2. The smallest absolute Gasteiger partial charge is 0.243 e. The minimum absolute atomic E-state index is 0.0435. The number of hydrogen-bond donors (Lipinski definition) is 1. The molecular weight excluding hydrogens is 291 g/mol. The molecule has 1 aromatic carbocycles. The molecule has 2 N–H and O–H groups in total. The fourth-order valence-electron chi connectivity index (χ4n) is 2.24. The van der Waals surface area contributed by atoms with Crippen molar-refractivity contribution >= 4 is 10.0 Å². The Labute approximate surface area is 127 Å². The van der Waals surface area contributed by atoms with Gasteiger partial charge in [-0.05, 0) is 49.4 Å². The van der Waals surface area contributed by atoms with Crippen LogP contribution in [0.1, 0.15) is 31.4 Å². The number of nitrogens with zero attached hydrogens (tertiary/aromatic N) is 1. The SMILES string of the molecule is Cc1cc(F)cc(C)c1S(=O)(=O)N(C)CCC(N)C(C)C. The van der Waals surface area contributed by atoms with Crippen molar-refractivity contribution in [3.8, 4) is 0 Å². The first-order valence-corrected chi connectivity index (χ1v) is 8.50. The number of rotatable bonds is 6. The highest BCUT2D eigenvalue weighted by Crippen LogP contribution is 2.24. The average Bonchev–Trinajstić information content (AvgIpc) is 2.33. The van der Waals surface area contributed by atoms with Gasteiger partial charge < -0.3 is 5.73 Å². The summed E-state index contributed by atoms with van der Waals surface area (Å²) in [6, 6.07) is 2.44. The molecule has 1 unspecified atom stereocenters. The van der Waals surface area contributed by atoms with Gasteiger partial charge in [-0.3, -0.25) is 0 Å². The van der Waals surface area contributed by atoms with Crippen LogP contribution in [-0.2, 0) is 10.0 Å². The number of hydrogen-bond acceptors (Lipinski definition) is 3. The van der Waals surface area contributed by atoms with E-state index in [1.807, 2.05) is 13.8 Å². The molecule has 0 aliphatic rings. The Kier molecular flexibility index (Phi) is 5.90. The largest absolute Gasteiger partial charge is 0.327 e. The molecule has 0 amide bonds. The Morgan fingerprint density at radius 2 is 1.71 bits per heavy atom. The van der Waals surface area contributed by atoms with Gasteiger partial charge in [0.25, 0.3) is 0 Å². The van der Waals surface area contributed by atoms with Gasteiger partial charge in [-0.15, -0.1) is 0 Å². The van der Waals surface area contributed by atoms with Gasteiger partial charge in [0, 0.05) is 19.6 Å². The Morgan fingerprint density at radius 3 is 2.14 bits per heavy atom. The van der Waals surface area contributed by atoms with Gasteiger partial charge in [-0.2, -0.15) is 0 Å². The van der Waals surface area contributed by atoms with E-state index < -0.39 is 15.8 Å². The molecule has 0 aromatic heterocycles. The van der Waals surface area contributed by atoms with E-state index in [1.165, 1.54) is 23.5 Å².